The van der Waals surface area contributed by atoms with Gasteiger partial charge in [-0.15, -0.1) is 11.8 Å². The molecule has 21 heavy (non-hydrogen) atoms. The summed E-state index contributed by atoms with van der Waals surface area (Å²) in [7, 11) is 0. The highest BCUT2D eigenvalue weighted by atomic mass is 79.9. The van der Waals surface area contributed by atoms with Crippen molar-refractivity contribution in [2.45, 2.75) is 31.7 Å². The van der Waals surface area contributed by atoms with Gasteiger partial charge in [0.25, 0.3) is 0 Å². The molecule has 1 heterocycles. The summed E-state index contributed by atoms with van der Waals surface area (Å²) in [6, 6.07) is 6.81. The van der Waals surface area contributed by atoms with Crippen LogP contribution in [-0.2, 0) is 16.0 Å². The molecule has 0 bridgehead atoms. The van der Waals surface area contributed by atoms with Gasteiger partial charge in [0.2, 0.25) is 5.91 Å². The van der Waals surface area contributed by atoms with Crippen molar-refractivity contribution in [1.29, 1.82) is 0 Å². The zero-order chi connectivity index (χ0) is 15.6. The average Bonchev–Trinajstić information content (AvgIpc) is 2.86. The first-order valence-corrected chi connectivity index (χ1v) is 8.64. The van der Waals surface area contributed by atoms with Gasteiger partial charge in [-0.3, -0.25) is 4.79 Å². The number of hydrogen-bond donors (Lipinski definition) is 1. The quantitative estimate of drug-likeness (QED) is 0.883. The maximum atomic E-state index is 12.6. The minimum absolute atomic E-state index is 0.0611. The molecule has 2 rings (SSSR count). The Hall–Kier alpha value is -1.01. The van der Waals surface area contributed by atoms with E-state index in [1.807, 2.05) is 38.1 Å². The molecular formula is C15H18BrNO3S. The fraction of sp³-hybridized carbons (Fsp3) is 0.467. The lowest BCUT2D eigenvalue weighted by Crippen LogP contribution is -2.47. The van der Waals surface area contributed by atoms with E-state index in [9.17, 15) is 14.7 Å². The summed E-state index contributed by atoms with van der Waals surface area (Å²) >= 11 is 4.91. The molecule has 1 N–H and O–H groups in total. The molecule has 4 nitrogen and oxygen atoms in total. The van der Waals surface area contributed by atoms with Crippen LogP contribution in [0.1, 0.15) is 19.4 Å². The van der Waals surface area contributed by atoms with Gasteiger partial charge in [-0.2, -0.15) is 0 Å². The summed E-state index contributed by atoms with van der Waals surface area (Å²) in [5.41, 5.74) is 0.895. The van der Waals surface area contributed by atoms with Gasteiger partial charge in [-0.1, -0.05) is 41.9 Å². The molecule has 0 spiro atoms. The molecule has 1 fully saturated rings. The van der Waals surface area contributed by atoms with E-state index in [1.165, 1.54) is 0 Å². The van der Waals surface area contributed by atoms with Crippen molar-refractivity contribution in [2.75, 3.05) is 5.75 Å². The third kappa shape index (κ3) is 3.80. The molecule has 1 aliphatic rings. The number of aliphatic carboxylic acids is 1. The molecule has 2 atom stereocenters. The highest BCUT2D eigenvalue weighted by molar-refractivity contribution is 9.10. The lowest BCUT2D eigenvalue weighted by Gasteiger charge is -2.29. The molecule has 1 aromatic carbocycles. The Morgan fingerprint density at radius 2 is 2.00 bits per heavy atom. The fourth-order valence-corrected chi connectivity index (χ4v) is 4.17. The van der Waals surface area contributed by atoms with Gasteiger partial charge in [-0.05, 0) is 23.6 Å². The maximum absolute atomic E-state index is 12.6. The summed E-state index contributed by atoms with van der Waals surface area (Å²) in [5.74, 6) is -0.346. The second-order valence-electron chi connectivity index (χ2n) is 5.43. The van der Waals surface area contributed by atoms with E-state index in [1.54, 1.807) is 16.7 Å². The first-order valence-electron chi connectivity index (χ1n) is 6.80. The second kappa shape index (κ2) is 6.83. The van der Waals surface area contributed by atoms with Crippen LogP contribution in [0.2, 0.25) is 0 Å². The summed E-state index contributed by atoms with van der Waals surface area (Å²) in [6.45, 7) is 4.03. The van der Waals surface area contributed by atoms with E-state index < -0.39 is 12.0 Å². The highest BCUT2D eigenvalue weighted by Crippen LogP contribution is 2.34. The number of amides is 1. The van der Waals surface area contributed by atoms with E-state index in [4.69, 9.17) is 0 Å². The average molecular weight is 372 g/mol. The number of rotatable bonds is 4. The van der Waals surface area contributed by atoms with Gasteiger partial charge in [-0.25, -0.2) is 4.79 Å². The lowest BCUT2D eigenvalue weighted by molar-refractivity contribution is -0.149. The predicted octanol–water partition coefficient (Wildman–Crippen LogP) is 3.00. The van der Waals surface area contributed by atoms with Crippen molar-refractivity contribution >= 4 is 39.6 Å². The number of halogens is 1. The van der Waals surface area contributed by atoms with Crippen LogP contribution >= 0.6 is 27.7 Å². The Bertz CT molecular complexity index is 532. The normalized spacial score (nSPS) is 21.8. The number of thioether (sulfide) groups is 1. The predicted molar refractivity (Wildman–Crippen MR) is 87.2 cm³/mol. The zero-order valence-electron chi connectivity index (χ0n) is 12.0. The molecule has 1 amide bonds. The Morgan fingerprint density at radius 3 is 2.52 bits per heavy atom. The topological polar surface area (TPSA) is 57.6 Å². The standard InChI is InChI=1S/C15H18BrNO3S/c1-9(2)14-17(12(8-21-14)15(19)20)13(18)7-10-3-5-11(16)6-4-10/h3-6,9,12,14H,7-8H2,1-2H3,(H,19,20). The first kappa shape index (κ1) is 16.4. The molecule has 0 aliphatic carbocycles. The smallest absolute Gasteiger partial charge is 0.327 e. The van der Waals surface area contributed by atoms with E-state index in [0.29, 0.717) is 5.75 Å². The van der Waals surface area contributed by atoms with Gasteiger partial charge < -0.3 is 10.0 Å². The van der Waals surface area contributed by atoms with E-state index in [-0.39, 0.29) is 23.6 Å². The van der Waals surface area contributed by atoms with Crippen molar-refractivity contribution in [2.24, 2.45) is 5.92 Å². The minimum Gasteiger partial charge on any atom is -0.480 e. The summed E-state index contributed by atoms with van der Waals surface area (Å²) < 4.78 is 0.957. The number of benzene rings is 1. The summed E-state index contributed by atoms with van der Waals surface area (Å²) in [4.78, 5) is 25.5. The van der Waals surface area contributed by atoms with E-state index in [0.717, 1.165) is 10.0 Å². The van der Waals surface area contributed by atoms with Gasteiger partial charge in [0.05, 0.1) is 11.8 Å². The van der Waals surface area contributed by atoms with Crippen LogP contribution in [0.4, 0.5) is 0 Å². The Balaban J connectivity index is 2.16. The maximum Gasteiger partial charge on any atom is 0.327 e. The van der Waals surface area contributed by atoms with Crippen LogP contribution < -0.4 is 0 Å². The van der Waals surface area contributed by atoms with Crippen molar-refractivity contribution in [1.82, 2.24) is 4.90 Å². The van der Waals surface area contributed by atoms with Crippen molar-refractivity contribution in [3.05, 3.63) is 34.3 Å². The van der Waals surface area contributed by atoms with Crippen molar-refractivity contribution in [3.63, 3.8) is 0 Å². The van der Waals surface area contributed by atoms with Crippen LogP contribution in [0, 0.1) is 5.92 Å². The number of nitrogens with zero attached hydrogens (tertiary/aromatic N) is 1. The Morgan fingerprint density at radius 1 is 1.38 bits per heavy atom. The van der Waals surface area contributed by atoms with Crippen LogP contribution in [0.5, 0.6) is 0 Å². The molecule has 0 radical (unpaired) electrons. The van der Waals surface area contributed by atoms with Crippen molar-refractivity contribution < 1.29 is 14.7 Å². The minimum atomic E-state index is -0.921. The molecule has 1 saturated heterocycles. The van der Waals surface area contributed by atoms with Gasteiger partial charge in [0, 0.05) is 10.2 Å². The number of carboxylic acids is 1. The summed E-state index contributed by atoms with van der Waals surface area (Å²) in [6.07, 6.45) is 0.237. The largest absolute Gasteiger partial charge is 0.480 e. The number of carbonyl (C=O) groups excluding carboxylic acids is 1. The first-order chi connectivity index (χ1) is 9.90. The SMILES string of the molecule is CC(C)C1SCC(C(=O)O)N1C(=O)Cc1ccc(Br)cc1. The van der Waals surface area contributed by atoms with E-state index in [2.05, 4.69) is 15.9 Å². The molecule has 2 unspecified atom stereocenters. The van der Waals surface area contributed by atoms with E-state index >= 15 is 0 Å². The van der Waals surface area contributed by atoms with Crippen LogP contribution in [0.3, 0.4) is 0 Å². The molecule has 6 heteroatoms. The summed E-state index contributed by atoms with van der Waals surface area (Å²) in [5, 5.41) is 9.26. The second-order valence-corrected chi connectivity index (χ2v) is 7.49. The number of carbonyl (C=O) groups is 2. The van der Waals surface area contributed by atoms with Gasteiger partial charge in [0.1, 0.15) is 6.04 Å². The molecule has 114 valence electrons. The molecule has 1 aromatic rings. The molecular weight excluding hydrogens is 354 g/mol. The lowest BCUT2D eigenvalue weighted by atomic mass is 10.1. The molecule has 0 aromatic heterocycles. The van der Waals surface area contributed by atoms with Crippen LogP contribution in [0.15, 0.2) is 28.7 Å². The zero-order valence-corrected chi connectivity index (χ0v) is 14.4. The van der Waals surface area contributed by atoms with Crippen molar-refractivity contribution in [3.8, 4) is 0 Å². The van der Waals surface area contributed by atoms with Gasteiger partial charge >= 0.3 is 5.97 Å². The fourth-order valence-electron chi connectivity index (χ4n) is 2.42. The Labute approximate surface area is 137 Å². The Kier molecular flexibility index (Phi) is 5.32. The third-order valence-corrected chi connectivity index (χ3v) is 5.60. The van der Waals surface area contributed by atoms with Crippen LogP contribution in [0.25, 0.3) is 0 Å². The molecule has 1 aliphatic heterocycles. The molecule has 0 saturated carbocycles. The highest BCUT2D eigenvalue weighted by Gasteiger charge is 2.42. The van der Waals surface area contributed by atoms with Crippen LogP contribution in [-0.4, -0.2) is 39.1 Å². The number of hydrogen-bond acceptors (Lipinski definition) is 3. The third-order valence-electron chi connectivity index (χ3n) is 3.45. The van der Waals surface area contributed by atoms with Gasteiger partial charge in [0.15, 0.2) is 0 Å². The number of carboxylic acid groups (broad SMARTS) is 1. The monoisotopic (exact) mass is 371 g/mol.